The Morgan fingerprint density at radius 3 is 2.35 bits per heavy atom. The van der Waals surface area contributed by atoms with Crippen LogP contribution in [0.4, 0.5) is 0 Å². The third-order valence-electron chi connectivity index (χ3n) is 4.66. The Morgan fingerprint density at radius 2 is 1.68 bits per heavy atom. The summed E-state index contributed by atoms with van der Waals surface area (Å²) in [6.07, 6.45) is 1.38. The monoisotopic (exact) mass is 417 g/mol. The first-order valence-corrected chi connectivity index (χ1v) is 9.64. The van der Waals surface area contributed by atoms with E-state index in [1.54, 1.807) is 48.5 Å². The zero-order valence-electron chi connectivity index (χ0n) is 17.3. The number of nitrogens with one attached hydrogen (secondary N) is 1. The Kier molecular flexibility index (Phi) is 7.06. The quantitative estimate of drug-likeness (QED) is 0.530. The number of aryl methyl sites for hydroxylation is 1. The van der Waals surface area contributed by atoms with Crippen molar-refractivity contribution in [2.45, 2.75) is 13.5 Å². The Hall–Kier alpha value is -4.06. The van der Waals surface area contributed by atoms with Crippen LogP contribution in [-0.4, -0.2) is 24.1 Å². The smallest absolute Gasteiger partial charge is 0.352 e. The highest BCUT2D eigenvalue weighted by Crippen LogP contribution is 2.30. The van der Waals surface area contributed by atoms with E-state index >= 15 is 0 Å². The molecule has 1 amide bonds. The van der Waals surface area contributed by atoms with Gasteiger partial charge >= 0.3 is 5.97 Å². The number of carboxylic acids is 1. The van der Waals surface area contributed by atoms with Crippen LogP contribution in [0.1, 0.15) is 27.0 Å². The van der Waals surface area contributed by atoms with Gasteiger partial charge in [-0.1, -0.05) is 48.5 Å². The van der Waals surface area contributed by atoms with Crippen LogP contribution < -0.4 is 14.8 Å². The highest BCUT2D eigenvalue weighted by molar-refractivity contribution is 6.02. The number of aliphatic carboxylic acids is 1. The lowest BCUT2D eigenvalue weighted by Crippen LogP contribution is -2.27. The Balaban J connectivity index is 1.83. The number of carbonyl (C=O) groups is 2. The standard InChI is InChI=1S/C25H23NO5/c1-17-8-6-7-11-20(17)16-31-23-15-18(12-13-22(23)30-2)14-21(25(28)29)26-24(27)19-9-4-3-5-10-19/h3-15H,16H2,1-2H3,(H,26,27)(H,28,29). The molecule has 0 aromatic heterocycles. The van der Waals surface area contributed by atoms with Gasteiger partial charge in [-0.25, -0.2) is 4.79 Å². The van der Waals surface area contributed by atoms with Crippen molar-refractivity contribution >= 4 is 18.0 Å². The molecule has 0 saturated carbocycles. The maximum absolute atomic E-state index is 12.3. The number of carboxylic acid groups (broad SMARTS) is 1. The van der Waals surface area contributed by atoms with Gasteiger partial charge in [0.2, 0.25) is 0 Å². The number of carbonyl (C=O) groups excluding carboxylic acids is 1. The lowest BCUT2D eigenvalue weighted by atomic mass is 10.1. The summed E-state index contributed by atoms with van der Waals surface area (Å²) in [6, 6.07) is 21.4. The van der Waals surface area contributed by atoms with Crippen molar-refractivity contribution in [1.29, 1.82) is 0 Å². The SMILES string of the molecule is COc1ccc(C=C(NC(=O)c2ccccc2)C(=O)O)cc1OCc1ccccc1C. The van der Waals surface area contributed by atoms with E-state index in [1.807, 2.05) is 31.2 Å². The third kappa shape index (κ3) is 5.73. The molecule has 0 aliphatic heterocycles. The van der Waals surface area contributed by atoms with Crippen LogP contribution in [0.2, 0.25) is 0 Å². The molecule has 31 heavy (non-hydrogen) atoms. The van der Waals surface area contributed by atoms with Crippen molar-refractivity contribution in [2.75, 3.05) is 7.11 Å². The van der Waals surface area contributed by atoms with E-state index in [4.69, 9.17) is 9.47 Å². The number of ether oxygens (including phenoxy) is 2. The predicted octanol–water partition coefficient (Wildman–Crippen LogP) is 4.44. The molecule has 6 nitrogen and oxygen atoms in total. The topological polar surface area (TPSA) is 84.9 Å². The first-order valence-electron chi connectivity index (χ1n) is 9.64. The largest absolute Gasteiger partial charge is 0.493 e. The highest BCUT2D eigenvalue weighted by atomic mass is 16.5. The molecule has 2 N–H and O–H groups in total. The molecule has 0 bridgehead atoms. The molecule has 3 rings (SSSR count). The summed E-state index contributed by atoms with van der Waals surface area (Å²) < 4.78 is 11.3. The van der Waals surface area contributed by atoms with Gasteiger partial charge in [0.25, 0.3) is 5.91 Å². The number of benzene rings is 3. The lowest BCUT2D eigenvalue weighted by molar-refractivity contribution is -0.132. The molecule has 3 aromatic rings. The van der Waals surface area contributed by atoms with E-state index in [-0.39, 0.29) is 5.70 Å². The summed E-state index contributed by atoms with van der Waals surface area (Å²) in [4.78, 5) is 24.0. The van der Waals surface area contributed by atoms with E-state index in [0.29, 0.717) is 29.2 Å². The second-order valence-corrected chi connectivity index (χ2v) is 6.81. The Labute approximate surface area is 180 Å². The van der Waals surface area contributed by atoms with E-state index in [0.717, 1.165) is 11.1 Å². The van der Waals surface area contributed by atoms with E-state index in [2.05, 4.69) is 5.32 Å². The Bertz CT molecular complexity index is 1110. The fourth-order valence-corrected chi connectivity index (χ4v) is 2.93. The van der Waals surface area contributed by atoms with Crippen molar-refractivity contribution < 1.29 is 24.2 Å². The van der Waals surface area contributed by atoms with E-state index < -0.39 is 11.9 Å². The normalized spacial score (nSPS) is 11.0. The molecule has 0 atom stereocenters. The van der Waals surface area contributed by atoms with Gasteiger partial charge < -0.3 is 19.9 Å². The molecule has 3 aromatic carbocycles. The van der Waals surface area contributed by atoms with Crippen LogP contribution in [-0.2, 0) is 11.4 Å². The highest BCUT2D eigenvalue weighted by Gasteiger charge is 2.14. The van der Waals surface area contributed by atoms with Gasteiger partial charge in [0.1, 0.15) is 12.3 Å². The van der Waals surface area contributed by atoms with E-state index in [1.165, 1.54) is 13.2 Å². The van der Waals surface area contributed by atoms with Gasteiger partial charge in [0.05, 0.1) is 7.11 Å². The van der Waals surface area contributed by atoms with Gasteiger partial charge in [-0.05, 0) is 54.0 Å². The van der Waals surface area contributed by atoms with Crippen LogP contribution in [0.25, 0.3) is 6.08 Å². The summed E-state index contributed by atoms with van der Waals surface area (Å²) in [6.45, 7) is 2.34. The van der Waals surface area contributed by atoms with Crippen LogP contribution >= 0.6 is 0 Å². The van der Waals surface area contributed by atoms with Crippen LogP contribution in [0.5, 0.6) is 11.5 Å². The van der Waals surface area contributed by atoms with Crippen molar-refractivity contribution in [3.8, 4) is 11.5 Å². The van der Waals surface area contributed by atoms with Crippen LogP contribution in [0.15, 0.2) is 78.5 Å². The number of methoxy groups -OCH3 is 1. The number of amides is 1. The molecule has 0 fully saturated rings. The van der Waals surface area contributed by atoms with Crippen LogP contribution in [0, 0.1) is 6.92 Å². The number of rotatable bonds is 8. The summed E-state index contributed by atoms with van der Waals surface area (Å²) in [7, 11) is 1.54. The van der Waals surface area contributed by atoms with Gasteiger partial charge in [0, 0.05) is 5.56 Å². The minimum absolute atomic E-state index is 0.246. The lowest BCUT2D eigenvalue weighted by Gasteiger charge is -2.13. The zero-order valence-corrected chi connectivity index (χ0v) is 17.3. The molecular formula is C25H23NO5. The third-order valence-corrected chi connectivity index (χ3v) is 4.66. The second-order valence-electron chi connectivity index (χ2n) is 6.81. The van der Waals surface area contributed by atoms with Crippen molar-refractivity contribution in [2.24, 2.45) is 0 Å². The fraction of sp³-hybridized carbons (Fsp3) is 0.120. The maximum atomic E-state index is 12.3. The van der Waals surface area contributed by atoms with Gasteiger partial charge in [0.15, 0.2) is 11.5 Å². The molecule has 0 unspecified atom stereocenters. The van der Waals surface area contributed by atoms with Gasteiger partial charge in [-0.3, -0.25) is 4.79 Å². The summed E-state index contributed by atoms with van der Waals surface area (Å²) in [5, 5.41) is 12.0. The molecule has 0 spiro atoms. The summed E-state index contributed by atoms with van der Waals surface area (Å²) >= 11 is 0. The molecule has 0 radical (unpaired) electrons. The van der Waals surface area contributed by atoms with Crippen molar-refractivity contribution in [1.82, 2.24) is 5.32 Å². The fourth-order valence-electron chi connectivity index (χ4n) is 2.93. The van der Waals surface area contributed by atoms with Gasteiger partial charge in [-0.15, -0.1) is 0 Å². The number of hydrogen-bond acceptors (Lipinski definition) is 4. The van der Waals surface area contributed by atoms with Crippen molar-refractivity contribution in [3.05, 3.63) is 101 Å². The molecule has 0 aliphatic carbocycles. The van der Waals surface area contributed by atoms with Crippen molar-refractivity contribution in [3.63, 3.8) is 0 Å². The average Bonchev–Trinajstić information content (AvgIpc) is 2.78. The molecule has 158 valence electrons. The molecule has 6 heteroatoms. The molecule has 0 heterocycles. The number of hydrogen-bond donors (Lipinski definition) is 2. The maximum Gasteiger partial charge on any atom is 0.352 e. The Morgan fingerprint density at radius 1 is 0.968 bits per heavy atom. The van der Waals surface area contributed by atoms with Crippen LogP contribution in [0.3, 0.4) is 0 Å². The molecule has 0 aliphatic rings. The minimum Gasteiger partial charge on any atom is -0.493 e. The molecule has 0 saturated heterocycles. The second kappa shape index (κ2) is 10.1. The van der Waals surface area contributed by atoms with Gasteiger partial charge in [-0.2, -0.15) is 0 Å². The minimum atomic E-state index is -1.25. The predicted molar refractivity (Wildman–Crippen MR) is 118 cm³/mol. The first kappa shape index (κ1) is 21.6. The average molecular weight is 417 g/mol. The summed E-state index contributed by atoms with van der Waals surface area (Å²) in [5.41, 5.74) is 2.81. The summed E-state index contributed by atoms with van der Waals surface area (Å²) in [5.74, 6) is -0.754. The first-order chi connectivity index (χ1) is 15.0. The molecular weight excluding hydrogens is 394 g/mol. The van der Waals surface area contributed by atoms with E-state index in [9.17, 15) is 14.7 Å². The zero-order chi connectivity index (χ0) is 22.2.